The van der Waals surface area contributed by atoms with Gasteiger partial charge in [-0.3, -0.25) is 14.9 Å². The average molecular weight is 175 g/mol. The van der Waals surface area contributed by atoms with Crippen LogP contribution in [0.15, 0.2) is 0 Å². The summed E-state index contributed by atoms with van der Waals surface area (Å²) < 4.78 is -0.722. The van der Waals surface area contributed by atoms with Crippen molar-refractivity contribution in [2.24, 2.45) is 0 Å². The van der Waals surface area contributed by atoms with Gasteiger partial charge in [0.15, 0.2) is 0 Å². The van der Waals surface area contributed by atoms with E-state index < -0.39 is 4.08 Å². The number of carbonyl (C=O) groups is 2. The molecule has 0 aromatic carbocycles. The van der Waals surface area contributed by atoms with Gasteiger partial charge in [-0.1, -0.05) is 0 Å². The molecule has 0 bridgehead atoms. The third kappa shape index (κ3) is 0.594. The van der Waals surface area contributed by atoms with Gasteiger partial charge in [0.2, 0.25) is 4.08 Å². The van der Waals surface area contributed by atoms with Gasteiger partial charge in [-0.25, -0.2) is 0 Å². The zero-order chi connectivity index (χ0) is 7.19. The van der Waals surface area contributed by atoms with Crippen LogP contribution >= 0.6 is 23.5 Å². The minimum atomic E-state index is -0.722. The highest BCUT2D eigenvalue weighted by atomic mass is 32.2. The van der Waals surface area contributed by atoms with E-state index in [9.17, 15) is 9.59 Å². The van der Waals surface area contributed by atoms with Crippen LogP contribution in [0.1, 0.15) is 0 Å². The number of β-lactam (4-membered cyclic amide) rings is 2. The van der Waals surface area contributed by atoms with E-state index in [0.717, 1.165) is 11.5 Å². The number of carbonyl (C=O) groups excluding carboxylic acids is 2. The van der Waals surface area contributed by atoms with E-state index >= 15 is 0 Å². The van der Waals surface area contributed by atoms with Crippen LogP contribution in [0.2, 0.25) is 0 Å². The molecule has 10 heavy (non-hydrogen) atoms. The highest BCUT2D eigenvalue weighted by molar-refractivity contribution is 8.23. The van der Waals surface area contributed by atoms with Gasteiger partial charge in [-0.05, 0) is 0 Å². The monoisotopic (exact) mass is 175 g/mol. The SMILES string of the molecule is O=C1NC(=O)C12SCCS2. The molecule has 2 aliphatic rings. The highest BCUT2D eigenvalue weighted by Gasteiger charge is 2.58. The standard InChI is InChI=1S/C5H5NO2S2/c7-3-5(4(8)6-3)9-1-2-10-5/h1-2H2,(H,6,7,8). The van der Waals surface area contributed by atoms with Crippen LogP contribution in [0.5, 0.6) is 0 Å². The van der Waals surface area contributed by atoms with Crippen LogP contribution in [0, 0.1) is 0 Å². The Kier molecular flexibility index (Phi) is 1.25. The molecule has 2 fully saturated rings. The molecule has 3 nitrogen and oxygen atoms in total. The Hall–Kier alpha value is -0.160. The Bertz CT molecular complexity index is 194. The first-order chi connectivity index (χ1) is 4.76. The summed E-state index contributed by atoms with van der Waals surface area (Å²) in [4.78, 5) is 21.8. The van der Waals surface area contributed by atoms with Gasteiger partial charge in [0, 0.05) is 11.5 Å². The highest BCUT2D eigenvalue weighted by Crippen LogP contribution is 2.47. The summed E-state index contributed by atoms with van der Waals surface area (Å²) in [5, 5.41) is 2.22. The van der Waals surface area contributed by atoms with Crippen LogP contribution in [0.25, 0.3) is 0 Å². The lowest BCUT2D eigenvalue weighted by Gasteiger charge is -2.32. The Labute approximate surface area is 66.3 Å². The number of hydrogen-bond acceptors (Lipinski definition) is 4. The molecule has 0 saturated carbocycles. The lowest BCUT2D eigenvalue weighted by atomic mass is 10.2. The maximum absolute atomic E-state index is 10.9. The summed E-state index contributed by atoms with van der Waals surface area (Å²) in [6.45, 7) is 0. The van der Waals surface area contributed by atoms with E-state index in [1.165, 1.54) is 23.5 Å². The maximum Gasteiger partial charge on any atom is 0.262 e. The van der Waals surface area contributed by atoms with E-state index in [1.54, 1.807) is 0 Å². The van der Waals surface area contributed by atoms with Crippen molar-refractivity contribution in [3.05, 3.63) is 0 Å². The number of imide groups is 1. The predicted molar refractivity (Wildman–Crippen MR) is 40.8 cm³/mol. The molecule has 0 aromatic rings. The number of nitrogens with one attached hydrogen (secondary N) is 1. The first kappa shape index (κ1) is 6.54. The van der Waals surface area contributed by atoms with Crippen molar-refractivity contribution < 1.29 is 9.59 Å². The van der Waals surface area contributed by atoms with E-state index in [4.69, 9.17) is 0 Å². The van der Waals surface area contributed by atoms with Crippen molar-refractivity contribution in [3.8, 4) is 0 Å². The molecule has 5 heteroatoms. The molecule has 1 N–H and O–H groups in total. The number of hydrogen-bond donors (Lipinski definition) is 1. The van der Waals surface area contributed by atoms with Crippen molar-refractivity contribution >= 4 is 35.3 Å². The van der Waals surface area contributed by atoms with E-state index in [1.807, 2.05) is 0 Å². The van der Waals surface area contributed by atoms with E-state index in [2.05, 4.69) is 5.32 Å². The van der Waals surface area contributed by atoms with E-state index in [0.29, 0.717) is 0 Å². The molecule has 2 aliphatic heterocycles. The molecule has 2 rings (SSSR count). The second-order valence-electron chi connectivity index (χ2n) is 2.10. The lowest BCUT2D eigenvalue weighted by Crippen LogP contribution is -2.64. The number of rotatable bonds is 0. The van der Waals surface area contributed by atoms with Crippen molar-refractivity contribution in [3.63, 3.8) is 0 Å². The van der Waals surface area contributed by atoms with Gasteiger partial charge in [0.25, 0.3) is 11.8 Å². The molecular weight excluding hydrogens is 170 g/mol. The lowest BCUT2D eigenvalue weighted by molar-refractivity contribution is -0.141. The normalized spacial score (nSPS) is 28.4. The van der Waals surface area contributed by atoms with Crippen LogP contribution in [-0.2, 0) is 9.59 Å². The molecule has 2 amide bonds. The van der Waals surface area contributed by atoms with Gasteiger partial charge in [0.05, 0.1) is 0 Å². The van der Waals surface area contributed by atoms with Gasteiger partial charge in [-0.15, -0.1) is 23.5 Å². The molecule has 2 saturated heterocycles. The fourth-order valence-electron chi connectivity index (χ4n) is 0.983. The van der Waals surface area contributed by atoms with Gasteiger partial charge < -0.3 is 0 Å². The summed E-state index contributed by atoms with van der Waals surface area (Å²) in [7, 11) is 0. The molecule has 0 radical (unpaired) electrons. The first-order valence-corrected chi connectivity index (χ1v) is 4.87. The Balaban J connectivity index is 2.27. The third-order valence-corrected chi connectivity index (χ3v) is 4.86. The second kappa shape index (κ2) is 1.92. The predicted octanol–water partition coefficient (Wildman–Crippen LogP) is -0.181. The topological polar surface area (TPSA) is 46.2 Å². The average Bonchev–Trinajstić information content (AvgIpc) is 2.37. The molecule has 2 heterocycles. The van der Waals surface area contributed by atoms with Crippen LogP contribution in [0.4, 0.5) is 0 Å². The zero-order valence-corrected chi connectivity index (χ0v) is 6.68. The van der Waals surface area contributed by atoms with Crippen molar-refractivity contribution in [1.82, 2.24) is 5.32 Å². The van der Waals surface area contributed by atoms with Crippen molar-refractivity contribution in [2.75, 3.05) is 11.5 Å². The van der Waals surface area contributed by atoms with Crippen molar-refractivity contribution in [1.29, 1.82) is 0 Å². The summed E-state index contributed by atoms with van der Waals surface area (Å²) >= 11 is 2.90. The smallest absolute Gasteiger partial charge is 0.262 e. The zero-order valence-electron chi connectivity index (χ0n) is 5.05. The minimum Gasteiger partial charge on any atom is -0.292 e. The molecule has 0 aliphatic carbocycles. The fraction of sp³-hybridized carbons (Fsp3) is 0.600. The van der Waals surface area contributed by atoms with Crippen LogP contribution in [0.3, 0.4) is 0 Å². The molecule has 0 aromatic heterocycles. The van der Waals surface area contributed by atoms with Gasteiger partial charge in [-0.2, -0.15) is 0 Å². The van der Waals surface area contributed by atoms with Crippen molar-refractivity contribution in [2.45, 2.75) is 4.08 Å². The maximum atomic E-state index is 10.9. The molecule has 0 unspecified atom stereocenters. The fourth-order valence-corrected chi connectivity index (χ4v) is 3.79. The Morgan fingerprint density at radius 3 is 2.00 bits per heavy atom. The Morgan fingerprint density at radius 1 is 1.20 bits per heavy atom. The molecule has 0 atom stereocenters. The molecular formula is C5H5NO2S2. The molecule has 54 valence electrons. The summed E-state index contributed by atoms with van der Waals surface area (Å²) in [6.07, 6.45) is 0. The van der Waals surface area contributed by atoms with Gasteiger partial charge >= 0.3 is 0 Å². The quantitative estimate of drug-likeness (QED) is 0.410. The van der Waals surface area contributed by atoms with Crippen LogP contribution in [-0.4, -0.2) is 27.4 Å². The minimum absolute atomic E-state index is 0.120. The van der Waals surface area contributed by atoms with Crippen LogP contribution < -0.4 is 5.32 Å². The third-order valence-electron chi connectivity index (χ3n) is 1.52. The number of thioether (sulfide) groups is 2. The first-order valence-electron chi connectivity index (χ1n) is 2.89. The summed E-state index contributed by atoms with van der Waals surface area (Å²) in [5.74, 6) is 1.57. The summed E-state index contributed by atoms with van der Waals surface area (Å²) in [6, 6.07) is 0. The largest absolute Gasteiger partial charge is 0.292 e. The van der Waals surface area contributed by atoms with E-state index in [-0.39, 0.29) is 11.8 Å². The Morgan fingerprint density at radius 2 is 1.70 bits per heavy atom. The second-order valence-corrected chi connectivity index (χ2v) is 4.97. The number of amides is 2. The van der Waals surface area contributed by atoms with Gasteiger partial charge in [0.1, 0.15) is 0 Å². The molecule has 1 spiro atoms. The summed E-state index contributed by atoms with van der Waals surface area (Å²) in [5.41, 5.74) is 0.